The smallest absolute Gasteiger partial charge is 0.243 e. The summed E-state index contributed by atoms with van der Waals surface area (Å²) in [5, 5.41) is 2.00. The average Bonchev–Trinajstić information content (AvgIpc) is 3.19. The second-order valence-electron chi connectivity index (χ2n) is 6.59. The number of piperidine rings is 1. The number of hydrogen-bond donors (Lipinski definition) is 0. The molecular formula is C19H23BrN2O3S2. The Morgan fingerprint density at radius 1 is 1.30 bits per heavy atom. The quantitative estimate of drug-likeness (QED) is 0.641. The standard InChI is InChI=1S/C19H23BrN2O3S2/c1-2-21(14-17-6-4-12-26-17)19(23)15-5-3-11-22(13-15)27(24,25)18-9-7-16(20)8-10-18/h4,6-10,12,15H,2-3,5,11,13-14H2,1H3. The van der Waals surface area contributed by atoms with Gasteiger partial charge in [-0.05, 0) is 55.5 Å². The van der Waals surface area contributed by atoms with E-state index in [1.54, 1.807) is 35.6 Å². The second kappa shape index (κ2) is 8.86. The molecule has 0 radical (unpaired) electrons. The van der Waals surface area contributed by atoms with E-state index in [-0.39, 0.29) is 23.3 Å². The summed E-state index contributed by atoms with van der Waals surface area (Å²) in [6.07, 6.45) is 1.43. The zero-order chi connectivity index (χ0) is 19.4. The van der Waals surface area contributed by atoms with E-state index in [9.17, 15) is 13.2 Å². The van der Waals surface area contributed by atoms with Crippen LogP contribution in [-0.2, 0) is 21.4 Å². The number of rotatable bonds is 6. The van der Waals surface area contributed by atoms with Gasteiger partial charge >= 0.3 is 0 Å². The molecule has 1 amide bonds. The van der Waals surface area contributed by atoms with Crippen molar-refractivity contribution in [2.24, 2.45) is 5.92 Å². The van der Waals surface area contributed by atoms with Gasteiger partial charge in [-0.3, -0.25) is 4.79 Å². The van der Waals surface area contributed by atoms with Crippen LogP contribution in [0, 0.1) is 5.92 Å². The SMILES string of the molecule is CCN(Cc1cccs1)C(=O)C1CCCN(S(=O)(=O)c2ccc(Br)cc2)C1. The maximum absolute atomic E-state index is 13.0. The molecule has 1 aromatic carbocycles. The third-order valence-corrected chi connectivity index (χ3v) is 8.07. The number of benzene rings is 1. The van der Waals surface area contributed by atoms with E-state index in [1.807, 2.05) is 29.3 Å². The Kier molecular flexibility index (Phi) is 6.73. The maximum Gasteiger partial charge on any atom is 0.243 e. The van der Waals surface area contributed by atoms with Crippen LogP contribution in [-0.4, -0.2) is 43.2 Å². The van der Waals surface area contributed by atoms with E-state index in [1.165, 1.54) is 4.31 Å². The molecule has 1 atom stereocenters. The first-order chi connectivity index (χ1) is 12.9. The highest BCUT2D eigenvalue weighted by molar-refractivity contribution is 9.10. The zero-order valence-electron chi connectivity index (χ0n) is 15.2. The van der Waals surface area contributed by atoms with Crippen LogP contribution in [0.25, 0.3) is 0 Å². The minimum absolute atomic E-state index is 0.0432. The molecule has 0 aliphatic carbocycles. The minimum atomic E-state index is -3.58. The number of nitrogens with zero attached hydrogens (tertiary/aromatic N) is 2. The van der Waals surface area contributed by atoms with E-state index in [0.29, 0.717) is 26.1 Å². The van der Waals surface area contributed by atoms with E-state index in [2.05, 4.69) is 15.9 Å². The fourth-order valence-corrected chi connectivity index (χ4v) is 5.82. The fourth-order valence-electron chi connectivity index (χ4n) is 3.31. The van der Waals surface area contributed by atoms with E-state index in [4.69, 9.17) is 0 Å². The highest BCUT2D eigenvalue weighted by Crippen LogP contribution is 2.26. The van der Waals surface area contributed by atoms with E-state index in [0.717, 1.165) is 15.8 Å². The van der Waals surface area contributed by atoms with Gasteiger partial charge in [0.25, 0.3) is 0 Å². The molecule has 1 aliphatic rings. The molecule has 8 heteroatoms. The zero-order valence-corrected chi connectivity index (χ0v) is 18.4. The summed E-state index contributed by atoms with van der Waals surface area (Å²) in [6.45, 7) is 3.87. The van der Waals surface area contributed by atoms with Crippen LogP contribution in [0.5, 0.6) is 0 Å². The third kappa shape index (κ3) is 4.80. The van der Waals surface area contributed by atoms with Crippen molar-refractivity contribution in [1.82, 2.24) is 9.21 Å². The normalized spacial score (nSPS) is 18.4. The van der Waals surface area contributed by atoms with Gasteiger partial charge < -0.3 is 4.90 Å². The monoisotopic (exact) mass is 470 g/mol. The molecular weight excluding hydrogens is 448 g/mol. The van der Waals surface area contributed by atoms with Crippen molar-refractivity contribution in [3.63, 3.8) is 0 Å². The van der Waals surface area contributed by atoms with Crippen molar-refractivity contribution in [3.8, 4) is 0 Å². The van der Waals surface area contributed by atoms with Crippen molar-refractivity contribution in [2.45, 2.75) is 31.2 Å². The van der Waals surface area contributed by atoms with Gasteiger partial charge in [0.1, 0.15) is 0 Å². The predicted octanol–water partition coefficient (Wildman–Crippen LogP) is 3.96. The molecule has 0 bridgehead atoms. The molecule has 1 unspecified atom stereocenters. The molecule has 3 rings (SSSR count). The van der Waals surface area contributed by atoms with Gasteiger partial charge in [0.15, 0.2) is 0 Å². The Bertz CT molecular complexity index is 867. The first-order valence-corrected chi connectivity index (χ1v) is 12.1. The fraction of sp³-hybridized carbons (Fsp3) is 0.421. The summed E-state index contributed by atoms with van der Waals surface area (Å²) in [5.74, 6) is -0.245. The summed E-state index contributed by atoms with van der Waals surface area (Å²) >= 11 is 4.96. The Balaban J connectivity index is 1.72. The number of amides is 1. The van der Waals surface area contributed by atoms with Crippen molar-refractivity contribution in [1.29, 1.82) is 0 Å². The van der Waals surface area contributed by atoms with Crippen LogP contribution < -0.4 is 0 Å². The van der Waals surface area contributed by atoms with Crippen molar-refractivity contribution >= 4 is 43.2 Å². The summed E-state index contributed by atoms with van der Waals surface area (Å²) in [7, 11) is -3.58. The lowest BCUT2D eigenvalue weighted by atomic mass is 9.98. The van der Waals surface area contributed by atoms with E-state index < -0.39 is 10.0 Å². The molecule has 0 N–H and O–H groups in total. The van der Waals surface area contributed by atoms with Crippen LogP contribution in [0.3, 0.4) is 0 Å². The summed E-state index contributed by atoms with van der Waals surface area (Å²) < 4.78 is 28.2. The third-order valence-electron chi connectivity index (χ3n) is 4.80. The molecule has 1 saturated heterocycles. The number of carbonyl (C=O) groups is 1. The highest BCUT2D eigenvalue weighted by Gasteiger charge is 2.34. The lowest BCUT2D eigenvalue weighted by Gasteiger charge is -2.34. The van der Waals surface area contributed by atoms with Crippen LogP contribution >= 0.6 is 27.3 Å². The molecule has 0 saturated carbocycles. The van der Waals surface area contributed by atoms with Gasteiger partial charge in [-0.1, -0.05) is 22.0 Å². The minimum Gasteiger partial charge on any atom is -0.338 e. The first-order valence-electron chi connectivity index (χ1n) is 8.98. The lowest BCUT2D eigenvalue weighted by Crippen LogP contribution is -2.46. The lowest BCUT2D eigenvalue weighted by molar-refractivity contribution is -0.137. The van der Waals surface area contributed by atoms with Gasteiger partial charge in [0.2, 0.25) is 15.9 Å². The molecule has 2 heterocycles. The molecule has 5 nitrogen and oxygen atoms in total. The van der Waals surface area contributed by atoms with Crippen LogP contribution in [0.2, 0.25) is 0 Å². The molecule has 1 fully saturated rings. The number of thiophene rings is 1. The number of hydrogen-bond acceptors (Lipinski definition) is 4. The van der Waals surface area contributed by atoms with Crippen LogP contribution in [0.15, 0.2) is 51.1 Å². The molecule has 27 heavy (non-hydrogen) atoms. The summed E-state index contributed by atoms with van der Waals surface area (Å²) in [5.41, 5.74) is 0. The Morgan fingerprint density at radius 2 is 2.04 bits per heavy atom. The van der Waals surface area contributed by atoms with Crippen molar-refractivity contribution in [2.75, 3.05) is 19.6 Å². The van der Waals surface area contributed by atoms with E-state index >= 15 is 0 Å². The second-order valence-corrected chi connectivity index (χ2v) is 10.5. The molecule has 2 aromatic rings. The van der Waals surface area contributed by atoms with Crippen molar-refractivity contribution < 1.29 is 13.2 Å². The molecule has 1 aromatic heterocycles. The Labute approximate surface area is 173 Å². The summed E-state index contributed by atoms with van der Waals surface area (Å²) in [6, 6.07) is 10.6. The topological polar surface area (TPSA) is 57.7 Å². The number of sulfonamides is 1. The van der Waals surface area contributed by atoms with Crippen LogP contribution in [0.4, 0.5) is 0 Å². The summed E-state index contributed by atoms with van der Waals surface area (Å²) in [4.78, 5) is 16.2. The average molecular weight is 471 g/mol. The van der Waals surface area contributed by atoms with Gasteiger partial charge in [-0.2, -0.15) is 4.31 Å². The molecule has 0 spiro atoms. The number of halogens is 1. The van der Waals surface area contributed by atoms with Gasteiger partial charge in [0, 0.05) is 29.0 Å². The van der Waals surface area contributed by atoms with Gasteiger partial charge in [-0.15, -0.1) is 11.3 Å². The largest absolute Gasteiger partial charge is 0.338 e. The van der Waals surface area contributed by atoms with Crippen molar-refractivity contribution in [3.05, 3.63) is 51.1 Å². The van der Waals surface area contributed by atoms with Gasteiger partial charge in [0.05, 0.1) is 17.4 Å². The predicted molar refractivity (Wildman–Crippen MR) is 111 cm³/mol. The first kappa shape index (κ1) is 20.5. The Hall–Kier alpha value is -1.22. The number of carbonyl (C=O) groups excluding carboxylic acids is 1. The Morgan fingerprint density at radius 3 is 2.67 bits per heavy atom. The highest BCUT2D eigenvalue weighted by atomic mass is 79.9. The van der Waals surface area contributed by atoms with Gasteiger partial charge in [-0.25, -0.2) is 8.42 Å². The molecule has 146 valence electrons. The molecule has 1 aliphatic heterocycles. The van der Waals surface area contributed by atoms with Crippen LogP contribution in [0.1, 0.15) is 24.6 Å². The maximum atomic E-state index is 13.0.